The number of ether oxygens (including phenoxy) is 1. The molecule has 1 aliphatic rings. The number of nitrogens with zero attached hydrogens (tertiary/aromatic N) is 3. The maximum atomic E-state index is 13.2. The predicted octanol–water partition coefficient (Wildman–Crippen LogP) is 5.75. The van der Waals surface area contributed by atoms with Gasteiger partial charge in [0.2, 0.25) is 11.9 Å². The van der Waals surface area contributed by atoms with Crippen LogP contribution in [0.4, 0.5) is 5.95 Å². The van der Waals surface area contributed by atoms with Gasteiger partial charge >= 0.3 is 0 Å². The molecule has 4 aromatic rings. The van der Waals surface area contributed by atoms with Gasteiger partial charge in [-0.25, -0.2) is 4.98 Å². The zero-order valence-corrected chi connectivity index (χ0v) is 21.4. The van der Waals surface area contributed by atoms with Crippen molar-refractivity contribution in [3.05, 3.63) is 95.1 Å². The van der Waals surface area contributed by atoms with E-state index in [1.807, 2.05) is 61.7 Å². The van der Waals surface area contributed by atoms with Gasteiger partial charge in [0.25, 0.3) is 5.91 Å². The lowest BCUT2D eigenvalue weighted by Crippen LogP contribution is -2.39. The van der Waals surface area contributed by atoms with Gasteiger partial charge in [0.05, 0.1) is 18.5 Å². The zero-order valence-electron chi connectivity index (χ0n) is 20.6. The number of carbonyl (C=O) groups excluding carboxylic acids is 2. The van der Waals surface area contributed by atoms with Crippen molar-refractivity contribution < 1.29 is 14.3 Å². The molecular weight excluding hydrogens is 488 g/mol. The molecule has 1 fully saturated rings. The number of anilines is 1. The Bertz CT molecular complexity index is 1430. The van der Waals surface area contributed by atoms with E-state index in [0.717, 1.165) is 29.7 Å². The van der Waals surface area contributed by atoms with E-state index < -0.39 is 0 Å². The summed E-state index contributed by atoms with van der Waals surface area (Å²) in [5.74, 6) is 0.572. The second-order valence-corrected chi connectivity index (χ2v) is 9.54. The summed E-state index contributed by atoms with van der Waals surface area (Å²) in [4.78, 5) is 32.8. The molecule has 8 heteroatoms. The number of amides is 2. The second-order valence-electron chi connectivity index (χ2n) is 9.11. The Labute approximate surface area is 220 Å². The molecule has 1 aliphatic carbocycles. The van der Waals surface area contributed by atoms with E-state index in [1.54, 1.807) is 40.8 Å². The minimum atomic E-state index is -0.315. The number of hydrogen-bond acceptors (Lipinski definition) is 4. The number of aryl methyl sites for hydroxylation is 1. The molecule has 1 N–H and O–H groups in total. The summed E-state index contributed by atoms with van der Waals surface area (Å²) < 4.78 is 7.18. The van der Waals surface area contributed by atoms with Gasteiger partial charge < -0.3 is 9.64 Å². The molecule has 2 amide bonds. The van der Waals surface area contributed by atoms with Crippen LogP contribution in [-0.4, -0.2) is 46.0 Å². The lowest BCUT2D eigenvalue weighted by molar-refractivity contribution is -0.117. The number of nitrogens with one attached hydrogen (secondary N) is 1. The predicted molar refractivity (Wildman–Crippen MR) is 144 cm³/mol. The average molecular weight is 515 g/mol. The molecule has 0 atom stereocenters. The SMILES string of the molecule is COc1cccc(-n2cc(-c3ccc(Cl)cc3)nc2NC(=O)CN(C(=O)c2ccc(C)cc2)C2CC2)c1. The summed E-state index contributed by atoms with van der Waals surface area (Å²) in [5.41, 5.74) is 3.96. The standard InChI is InChI=1S/C29H27ClN4O3/c1-19-6-8-21(9-7-19)28(36)33(23-14-15-23)18-27(35)32-29-31-26(20-10-12-22(30)13-11-20)17-34(29)24-4-3-5-25(16-24)37-2/h3-13,16-17,23H,14-15,18H2,1-2H3,(H,31,32,35). The van der Waals surface area contributed by atoms with Gasteiger partial charge in [-0.3, -0.25) is 19.5 Å². The Morgan fingerprint density at radius 1 is 1.08 bits per heavy atom. The molecule has 37 heavy (non-hydrogen) atoms. The quantitative estimate of drug-likeness (QED) is 0.324. The molecule has 1 heterocycles. The third-order valence-electron chi connectivity index (χ3n) is 6.29. The molecule has 1 saturated carbocycles. The van der Waals surface area contributed by atoms with Crippen LogP contribution in [0.3, 0.4) is 0 Å². The molecular formula is C29H27ClN4O3. The molecule has 0 bridgehead atoms. The minimum absolute atomic E-state index is 0.0569. The van der Waals surface area contributed by atoms with Gasteiger partial charge in [-0.05, 0) is 56.2 Å². The highest BCUT2D eigenvalue weighted by atomic mass is 35.5. The molecule has 3 aromatic carbocycles. The summed E-state index contributed by atoms with van der Waals surface area (Å²) >= 11 is 6.06. The van der Waals surface area contributed by atoms with Crippen molar-refractivity contribution in [1.29, 1.82) is 0 Å². The number of aromatic nitrogens is 2. The van der Waals surface area contributed by atoms with E-state index in [9.17, 15) is 9.59 Å². The van der Waals surface area contributed by atoms with Crippen LogP contribution >= 0.6 is 11.6 Å². The average Bonchev–Trinajstić information content (AvgIpc) is 3.67. The lowest BCUT2D eigenvalue weighted by Gasteiger charge is -2.22. The Kier molecular flexibility index (Phi) is 6.97. The topological polar surface area (TPSA) is 76.5 Å². The Morgan fingerprint density at radius 3 is 2.49 bits per heavy atom. The zero-order chi connectivity index (χ0) is 25.9. The molecule has 0 saturated heterocycles. The fourth-order valence-electron chi connectivity index (χ4n) is 4.12. The number of imidazole rings is 1. The largest absolute Gasteiger partial charge is 0.497 e. The van der Waals surface area contributed by atoms with Crippen molar-refractivity contribution in [2.75, 3.05) is 19.0 Å². The number of hydrogen-bond donors (Lipinski definition) is 1. The highest BCUT2D eigenvalue weighted by molar-refractivity contribution is 6.30. The molecule has 0 aliphatic heterocycles. The van der Waals surface area contributed by atoms with Crippen molar-refractivity contribution in [3.63, 3.8) is 0 Å². The van der Waals surface area contributed by atoms with Gasteiger partial charge in [0, 0.05) is 34.5 Å². The molecule has 0 unspecified atom stereocenters. The first kappa shape index (κ1) is 24.6. The Balaban J connectivity index is 1.42. The van der Waals surface area contributed by atoms with Gasteiger partial charge in [0.1, 0.15) is 12.3 Å². The number of carbonyl (C=O) groups is 2. The van der Waals surface area contributed by atoms with Crippen LogP contribution in [0, 0.1) is 6.92 Å². The molecule has 5 rings (SSSR count). The molecule has 0 spiro atoms. The first-order valence-electron chi connectivity index (χ1n) is 12.1. The van der Waals surface area contributed by atoms with Crippen LogP contribution < -0.4 is 10.1 Å². The first-order valence-corrected chi connectivity index (χ1v) is 12.5. The number of halogens is 1. The number of methoxy groups -OCH3 is 1. The highest BCUT2D eigenvalue weighted by Crippen LogP contribution is 2.29. The molecule has 188 valence electrons. The van der Waals surface area contributed by atoms with Gasteiger partial charge in [-0.1, -0.05) is 47.5 Å². The molecule has 0 radical (unpaired) electrons. The first-order chi connectivity index (χ1) is 17.9. The summed E-state index contributed by atoms with van der Waals surface area (Å²) in [6, 6.07) is 22.3. The van der Waals surface area contributed by atoms with Crippen LogP contribution in [0.15, 0.2) is 79.0 Å². The van der Waals surface area contributed by atoms with E-state index >= 15 is 0 Å². The number of rotatable bonds is 8. The molecule has 1 aromatic heterocycles. The van der Waals surface area contributed by atoms with Crippen molar-refractivity contribution in [2.45, 2.75) is 25.8 Å². The van der Waals surface area contributed by atoms with Crippen molar-refractivity contribution in [1.82, 2.24) is 14.5 Å². The van der Waals surface area contributed by atoms with Crippen LogP contribution in [0.1, 0.15) is 28.8 Å². The van der Waals surface area contributed by atoms with Gasteiger partial charge in [0.15, 0.2) is 0 Å². The summed E-state index contributed by atoms with van der Waals surface area (Å²) in [6.07, 6.45) is 3.64. The van der Waals surface area contributed by atoms with E-state index in [1.165, 1.54) is 0 Å². The van der Waals surface area contributed by atoms with E-state index in [4.69, 9.17) is 21.3 Å². The lowest BCUT2D eigenvalue weighted by atomic mass is 10.1. The van der Waals surface area contributed by atoms with Crippen LogP contribution in [0.25, 0.3) is 16.9 Å². The van der Waals surface area contributed by atoms with E-state index in [0.29, 0.717) is 28.0 Å². The maximum Gasteiger partial charge on any atom is 0.254 e. The van der Waals surface area contributed by atoms with Crippen molar-refractivity contribution in [3.8, 4) is 22.7 Å². The van der Waals surface area contributed by atoms with Crippen molar-refractivity contribution in [2.24, 2.45) is 0 Å². The third-order valence-corrected chi connectivity index (χ3v) is 6.54. The summed E-state index contributed by atoms with van der Waals surface area (Å²) in [5, 5.41) is 3.56. The smallest absolute Gasteiger partial charge is 0.254 e. The van der Waals surface area contributed by atoms with Gasteiger partial charge in [-0.15, -0.1) is 0 Å². The van der Waals surface area contributed by atoms with Gasteiger partial charge in [-0.2, -0.15) is 0 Å². The fourth-order valence-corrected chi connectivity index (χ4v) is 4.25. The van der Waals surface area contributed by atoms with Crippen LogP contribution in [0.2, 0.25) is 5.02 Å². The normalized spacial score (nSPS) is 12.7. The summed E-state index contributed by atoms with van der Waals surface area (Å²) in [7, 11) is 1.60. The Hall–Kier alpha value is -4.10. The van der Waals surface area contributed by atoms with E-state index in [2.05, 4.69) is 5.32 Å². The Morgan fingerprint density at radius 2 is 1.81 bits per heavy atom. The van der Waals surface area contributed by atoms with Crippen molar-refractivity contribution >= 4 is 29.4 Å². The van der Waals surface area contributed by atoms with Crippen LogP contribution in [0.5, 0.6) is 5.75 Å². The monoisotopic (exact) mass is 514 g/mol. The third kappa shape index (κ3) is 5.67. The maximum absolute atomic E-state index is 13.2. The van der Waals surface area contributed by atoms with E-state index in [-0.39, 0.29) is 24.4 Å². The number of benzene rings is 3. The molecule has 7 nitrogen and oxygen atoms in total. The minimum Gasteiger partial charge on any atom is -0.497 e. The summed E-state index contributed by atoms with van der Waals surface area (Å²) in [6.45, 7) is 1.92. The second kappa shape index (κ2) is 10.5. The highest BCUT2D eigenvalue weighted by Gasteiger charge is 2.34. The van der Waals surface area contributed by atoms with Crippen LogP contribution in [-0.2, 0) is 4.79 Å². The fraction of sp³-hybridized carbons (Fsp3) is 0.207.